The molecule has 0 aliphatic heterocycles. The van der Waals surface area contributed by atoms with Gasteiger partial charge >= 0.3 is 0 Å². The minimum atomic E-state index is -0.436. The van der Waals surface area contributed by atoms with Gasteiger partial charge in [0.05, 0.1) is 24.3 Å². The number of ether oxygens (including phenoxy) is 1. The fourth-order valence-corrected chi connectivity index (χ4v) is 6.05. The Labute approximate surface area is 254 Å². The van der Waals surface area contributed by atoms with E-state index in [4.69, 9.17) is 9.72 Å². The number of hydrogen-bond donors (Lipinski definition) is 1. The van der Waals surface area contributed by atoms with E-state index in [-0.39, 0.29) is 12.2 Å². The van der Waals surface area contributed by atoms with E-state index in [1.807, 2.05) is 45.0 Å². The van der Waals surface area contributed by atoms with Crippen LogP contribution < -0.4 is 15.6 Å². The molecule has 196 valence electrons. The van der Waals surface area contributed by atoms with Crippen LogP contribution in [0.25, 0.3) is 10.9 Å². The van der Waals surface area contributed by atoms with Crippen molar-refractivity contribution in [2.24, 2.45) is 5.10 Å². The largest absolute Gasteiger partial charge is 0.482 e. The Balaban J connectivity index is 1.58. The lowest BCUT2D eigenvalue weighted by Gasteiger charge is -2.21. The predicted octanol–water partition coefficient (Wildman–Crippen LogP) is 6.70. The molecule has 4 rings (SSSR count). The van der Waals surface area contributed by atoms with Gasteiger partial charge in [0, 0.05) is 15.6 Å². The highest BCUT2D eigenvalue weighted by Crippen LogP contribution is 2.29. The molecule has 3 aromatic carbocycles. The molecule has 0 atom stereocenters. The summed E-state index contributed by atoms with van der Waals surface area (Å²) in [5.41, 5.74) is 1.03. The van der Waals surface area contributed by atoms with Crippen molar-refractivity contribution >= 4 is 89.8 Å². The molecule has 0 fully saturated rings. The smallest absolute Gasteiger partial charge is 0.282 e. The zero-order valence-corrected chi connectivity index (χ0v) is 26.5. The van der Waals surface area contributed by atoms with Crippen molar-refractivity contribution in [3.8, 4) is 5.75 Å². The minimum Gasteiger partial charge on any atom is -0.482 e. The summed E-state index contributed by atoms with van der Waals surface area (Å²) in [5.74, 6) is 0.247. The molecule has 7 nitrogen and oxygen atoms in total. The van der Waals surface area contributed by atoms with E-state index >= 15 is 0 Å². The fourth-order valence-electron chi connectivity index (χ4n) is 3.56. The number of anilines is 1. The van der Waals surface area contributed by atoms with E-state index in [0.29, 0.717) is 28.2 Å². The number of aromatic nitrogens is 2. The van der Waals surface area contributed by atoms with Crippen LogP contribution >= 0.6 is 61.1 Å². The van der Waals surface area contributed by atoms with Gasteiger partial charge in [-0.15, -0.1) is 0 Å². The molecule has 0 saturated carbocycles. The van der Waals surface area contributed by atoms with Crippen molar-refractivity contribution < 1.29 is 13.9 Å². The molecule has 0 aliphatic rings. The molecule has 1 aromatic heterocycles. The average molecular weight is 803 g/mol. The number of hydrogen-bond acceptors (Lipinski definition) is 5. The number of nitrogens with one attached hydrogen (secondary N) is 1. The SMILES string of the molecule is CC(C)(C)c1nc2ccc(Br)cc2c(=O)n1N=Cc1cc(I)c(OCC(=O)Nc2cccc(F)c2)c(I)c1. The van der Waals surface area contributed by atoms with Gasteiger partial charge in [-0.1, -0.05) is 42.8 Å². The lowest BCUT2D eigenvalue weighted by atomic mass is 9.95. The van der Waals surface area contributed by atoms with Crippen LogP contribution in [0.15, 0.2) is 69.0 Å². The fraction of sp³-hybridized carbons (Fsp3) is 0.185. The summed E-state index contributed by atoms with van der Waals surface area (Å²) >= 11 is 7.67. The van der Waals surface area contributed by atoms with E-state index in [1.165, 1.54) is 22.9 Å². The number of amides is 1. The molecular weight excluding hydrogens is 781 g/mol. The number of nitrogens with zero attached hydrogens (tertiary/aromatic N) is 3. The molecule has 1 N–H and O–H groups in total. The number of fused-ring (bicyclic) bond motifs is 1. The average Bonchev–Trinajstić information content (AvgIpc) is 2.82. The van der Waals surface area contributed by atoms with Crippen molar-refractivity contribution in [3.63, 3.8) is 0 Å². The maximum absolute atomic E-state index is 13.4. The van der Waals surface area contributed by atoms with Gasteiger partial charge in [-0.2, -0.15) is 9.78 Å². The highest BCUT2D eigenvalue weighted by molar-refractivity contribution is 14.1. The number of rotatable bonds is 6. The summed E-state index contributed by atoms with van der Waals surface area (Å²) in [6.07, 6.45) is 1.60. The summed E-state index contributed by atoms with van der Waals surface area (Å²) in [6, 6.07) is 14.8. The maximum atomic E-state index is 13.4. The first kappa shape index (κ1) is 28.6. The molecule has 0 radical (unpaired) electrons. The van der Waals surface area contributed by atoms with E-state index in [1.54, 1.807) is 18.3 Å². The van der Waals surface area contributed by atoms with Crippen molar-refractivity contribution in [2.45, 2.75) is 26.2 Å². The molecule has 0 saturated heterocycles. The van der Waals surface area contributed by atoms with Crippen LogP contribution in [0.5, 0.6) is 5.75 Å². The monoisotopic (exact) mass is 802 g/mol. The van der Waals surface area contributed by atoms with Crippen LogP contribution in [0.2, 0.25) is 0 Å². The van der Waals surface area contributed by atoms with E-state index in [9.17, 15) is 14.0 Å². The number of carbonyl (C=O) groups is 1. The van der Waals surface area contributed by atoms with Crippen LogP contribution in [0, 0.1) is 13.0 Å². The van der Waals surface area contributed by atoms with Gasteiger partial charge in [0.25, 0.3) is 11.5 Å². The Bertz CT molecular complexity index is 1610. The van der Waals surface area contributed by atoms with Crippen molar-refractivity contribution in [1.29, 1.82) is 0 Å². The third-order valence-corrected chi connectivity index (χ3v) is 7.37. The zero-order valence-electron chi connectivity index (χ0n) is 20.6. The summed E-state index contributed by atoms with van der Waals surface area (Å²) < 4.78 is 22.8. The third kappa shape index (κ3) is 6.78. The van der Waals surface area contributed by atoms with E-state index in [0.717, 1.165) is 17.2 Å². The molecule has 1 amide bonds. The van der Waals surface area contributed by atoms with Gasteiger partial charge in [-0.05, 0) is 99.3 Å². The van der Waals surface area contributed by atoms with Gasteiger partial charge in [0.1, 0.15) is 17.4 Å². The first-order valence-corrected chi connectivity index (χ1v) is 14.3. The summed E-state index contributed by atoms with van der Waals surface area (Å²) in [4.78, 5) is 30.4. The molecule has 0 aliphatic carbocycles. The second-order valence-corrected chi connectivity index (χ2v) is 12.6. The van der Waals surface area contributed by atoms with Gasteiger partial charge in [-0.25, -0.2) is 9.37 Å². The van der Waals surface area contributed by atoms with Crippen LogP contribution in [0.1, 0.15) is 32.2 Å². The van der Waals surface area contributed by atoms with E-state index < -0.39 is 17.1 Å². The first-order chi connectivity index (χ1) is 17.9. The first-order valence-electron chi connectivity index (χ1n) is 11.4. The lowest BCUT2D eigenvalue weighted by Crippen LogP contribution is -2.29. The summed E-state index contributed by atoms with van der Waals surface area (Å²) in [7, 11) is 0. The molecular formula is C27H22BrFI2N4O3. The third-order valence-electron chi connectivity index (χ3n) is 5.28. The number of carbonyl (C=O) groups excluding carboxylic acids is 1. The molecule has 38 heavy (non-hydrogen) atoms. The van der Waals surface area contributed by atoms with Crippen LogP contribution in [0.3, 0.4) is 0 Å². The second kappa shape index (κ2) is 11.8. The Morgan fingerprint density at radius 3 is 2.53 bits per heavy atom. The van der Waals surface area contributed by atoms with Gasteiger partial charge < -0.3 is 10.1 Å². The number of benzene rings is 3. The molecule has 0 spiro atoms. The second-order valence-electron chi connectivity index (χ2n) is 9.37. The normalized spacial score (nSPS) is 11.8. The Morgan fingerprint density at radius 2 is 1.87 bits per heavy atom. The quantitative estimate of drug-likeness (QED) is 0.174. The van der Waals surface area contributed by atoms with Gasteiger partial charge in [-0.3, -0.25) is 9.59 Å². The van der Waals surface area contributed by atoms with Crippen molar-refractivity contribution in [1.82, 2.24) is 9.66 Å². The Morgan fingerprint density at radius 1 is 1.16 bits per heavy atom. The summed E-state index contributed by atoms with van der Waals surface area (Å²) in [5, 5.41) is 7.60. The van der Waals surface area contributed by atoms with E-state index in [2.05, 4.69) is 71.5 Å². The Hall–Kier alpha value is -2.39. The zero-order chi connectivity index (χ0) is 27.6. The highest BCUT2D eigenvalue weighted by atomic mass is 127. The number of halogens is 4. The van der Waals surface area contributed by atoms with Crippen LogP contribution in [-0.2, 0) is 10.2 Å². The van der Waals surface area contributed by atoms with Crippen molar-refractivity contribution in [2.75, 3.05) is 11.9 Å². The van der Waals surface area contributed by atoms with Gasteiger partial charge in [0.2, 0.25) is 0 Å². The highest BCUT2D eigenvalue weighted by Gasteiger charge is 2.23. The molecule has 1 heterocycles. The van der Waals surface area contributed by atoms with Gasteiger partial charge in [0.15, 0.2) is 6.61 Å². The standard InChI is InChI=1S/C27H22BrFI2N4O3/c1-27(2,3)26-34-22-8-7-16(28)11-19(22)25(37)35(26)32-13-15-9-20(30)24(21(31)10-15)38-14-23(36)33-18-6-4-5-17(29)12-18/h4-13H,14H2,1-3H3,(H,33,36). The van der Waals surface area contributed by atoms with Crippen molar-refractivity contribution in [3.05, 3.63) is 93.8 Å². The molecule has 4 aromatic rings. The topological polar surface area (TPSA) is 85.6 Å². The van der Waals surface area contributed by atoms with Crippen LogP contribution in [-0.4, -0.2) is 28.4 Å². The molecule has 11 heteroatoms. The summed E-state index contributed by atoms with van der Waals surface area (Å²) in [6.45, 7) is 5.70. The maximum Gasteiger partial charge on any atom is 0.282 e. The van der Waals surface area contributed by atoms with Crippen LogP contribution in [0.4, 0.5) is 10.1 Å². The predicted molar refractivity (Wildman–Crippen MR) is 168 cm³/mol. The Kier molecular flexibility index (Phi) is 8.87. The molecule has 0 unspecified atom stereocenters. The lowest BCUT2D eigenvalue weighted by molar-refractivity contribution is -0.118. The minimum absolute atomic E-state index is 0.237. The molecule has 0 bridgehead atoms.